The van der Waals surface area contributed by atoms with E-state index in [4.69, 9.17) is 0 Å². The van der Waals surface area contributed by atoms with Crippen molar-refractivity contribution in [3.8, 4) is 0 Å². The van der Waals surface area contributed by atoms with Crippen LogP contribution in [0.1, 0.15) is 288 Å². The molecule has 1 atom stereocenters. The summed E-state index contributed by atoms with van der Waals surface area (Å²) in [6.07, 6.45) is 47.6. The minimum atomic E-state index is 0.361. The van der Waals surface area contributed by atoms with Gasteiger partial charge in [-0.2, -0.15) is 0 Å². The lowest BCUT2D eigenvalue weighted by Crippen LogP contribution is -2.46. The lowest BCUT2D eigenvalue weighted by atomic mass is 9.50. The van der Waals surface area contributed by atoms with Crippen LogP contribution in [0.15, 0.2) is 0 Å². The molecule has 0 aliphatic rings. The van der Waals surface area contributed by atoms with Crippen LogP contribution in [0.25, 0.3) is 0 Å². The molecule has 0 N–H and O–H groups in total. The Hall–Kier alpha value is 0. The topological polar surface area (TPSA) is 0 Å². The van der Waals surface area contributed by atoms with E-state index in [0.29, 0.717) is 21.7 Å². The first-order chi connectivity index (χ1) is 23.3. The van der Waals surface area contributed by atoms with Gasteiger partial charge in [0.15, 0.2) is 0 Å². The van der Waals surface area contributed by atoms with E-state index in [-0.39, 0.29) is 0 Å². The Morgan fingerprint density at radius 1 is 0.347 bits per heavy atom. The fourth-order valence-electron chi connectivity index (χ4n) is 10.5. The zero-order valence-corrected chi connectivity index (χ0v) is 36.9. The minimum Gasteiger partial charge on any atom is -0.0654 e. The van der Waals surface area contributed by atoms with Crippen molar-refractivity contribution in [3.63, 3.8) is 0 Å². The van der Waals surface area contributed by atoms with Crippen LogP contribution in [0.3, 0.4) is 0 Å². The summed E-state index contributed by atoms with van der Waals surface area (Å²) in [5, 5.41) is 0. The molecule has 0 rings (SSSR count). The van der Waals surface area contributed by atoms with Crippen molar-refractivity contribution in [2.75, 3.05) is 0 Å². The van der Waals surface area contributed by atoms with E-state index in [1.54, 1.807) is 0 Å². The van der Waals surface area contributed by atoms with Gasteiger partial charge >= 0.3 is 0 Å². The maximum Gasteiger partial charge on any atom is -0.0220 e. The molecule has 0 bridgehead atoms. The van der Waals surface area contributed by atoms with Gasteiger partial charge in [-0.05, 0) is 53.3 Å². The van der Waals surface area contributed by atoms with Crippen molar-refractivity contribution < 1.29 is 0 Å². The van der Waals surface area contributed by atoms with E-state index in [1.807, 2.05) is 0 Å². The predicted molar refractivity (Wildman–Crippen MR) is 228 cm³/mol. The highest BCUT2D eigenvalue weighted by atomic mass is 14.5. The molecule has 0 saturated heterocycles. The zero-order chi connectivity index (χ0) is 36.9. The second-order valence-corrected chi connectivity index (χ2v) is 20.1. The molecule has 0 aromatic rings. The highest BCUT2D eigenvalue weighted by Crippen LogP contribution is 2.59. The standard InChI is InChI=1S/C49H100/c1-12-15-18-21-24-27-29-32-35-38-41-49(42-39-36-33-30-28-25-22-19-16-13-2,45(4)40-37-34-31-26-23-20-17-14-3)48(10,11)44-47(8,9)43-46(5,6)7/h45H,12-44H2,1-11H3. The van der Waals surface area contributed by atoms with Crippen molar-refractivity contribution in [2.45, 2.75) is 288 Å². The molecular weight excluding hydrogens is 589 g/mol. The lowest BCUT2D eigenvalue weighted by molar-refractivity contribution is -0.0513. The highest BCUT2D eigenvalue weighted by Gasteiger charge is 2.49. The van der Waals surface area contributed by atoms with Crippen molar-refractivity contribution in [1.29, 1.82) is 0 Å². The summed E-state index contributed by atoms with van der Waals surface area (Å²) < 4.78 is 0. The third kappa shape index (κ3) is 25.6. The first kappa shape index (κ1) is 49.0. The smallest absolute Gasteiger partial charge is 0.0220 e. The Morgan fingerprint density at radius 3 is 0.939 bits per heavy atom. The molecule has 0 aromatic heterocycles. The first-order valence-corrected chi connectivity index (χ1v) is 23.3. The normalized spacial score (nSPS) is 13.8. The van der Waals surface area contributed by atoms with Crippen molar-refractivity contribution in [1.82, 2.24) is 0 Å². The molecule has 296 valence electrons. The summed E-state index contributed by atoms with van der Waals surface area (Å²) in [5.41, 5.74) is 1.59. The maximum absolute atomic E-state index is 2.74. The maximum atomic E-state index is 2.74. The summed E-state index contributed by atoms with van der Waals surface area (Å²) in [4.78, 5) is 0. The molecule has 49 heavy (non-hydrogen) atoms. The van der Waals surface area contributed by atoms with Crippen molar-refractivity contribution in [3.05, 3.63) is 0 Å². The molecule has 0 aromatic carbocycles. The Labute approximate surface area is 314 Å². The summed E-state index contributed by atoms with van der Waals surface area (Å²) in [6.45, 7) is 27.8. The van der Waals surface area contributed by atoms with Gasteiger partial charge in [-0.1, -0.05) is 262 Å². The molecule has 0 aliphatic carbocycles. The fraction of sp³-hybridized carbons (Fsp3) is 1.00. The van der Waals surface area contributed by atoms with Crippen molar-refractivity contribution >= 4 is 0 Å². The van der Waals surface area contributed by atoms with Crippen LogP contribution in [0.5, 0.6) is 0 Å². The molecule has 0 aliphatic heterocycles. The van der Waals surface area contributed by atoms with E-state index in [0.717, 1.165) is 5.92 Å². The van der Waals surface area contributed by atoms with Gasteiger partial charge in [-0.3, -0.25) is 0 Å². The van der Waals surface area contributed by atoms with Crippen LogP contribution in [0, 0.1) is 27.6 Å². The molecule has 0 saturated carbocycles. The van der Waals surface area contributed by atoms with Crippen LogP contribution in [-0.2, 0) is 0 Å². The predicted octanol–water partition coefficient (Wildman–Crippen LogP) is 18.6. The fourth-order valence-corrected chi connectivity index (χ4v) is 10.5. The van der Waals surface area contributed by atoms with E-state index in [9.17, 15) is 0 Å². The molecule has 0 nitrogen and oxygen atoms in total. The van der Waals surface area contributed by atoms with Crippen LogP contribution in [0.2, 0.25) is 0 Å². The third-order valence-corrected chi connectivity index (χ3v) is 12.7. The van der Waals surface area contributed by atoms with Gasteiger partial charge in [0, 0.05) is 0 Å². The largest absolute Gasteiger partial charge is 0.0654 e. The van der Waals surface area contributed by atoms with Crippen LogP contribution in [0.4, 0.5) is 0 Å². The van der Waals surface area contributed by atoms with E-state index in [2.05, 4.69) is 76.2 Å². The molecule has 0 heterocycles. The van der Waals surface area contributed by atoms with Crippen LogP contribution < -0.4 is 0 Å². The second-order valence-electron chi connectivity index (χ2n) is 20.1. The summed E-state index contributed by atoms with van der Waals surface area (Å²) in [7, 11) is 0. The first-order valence-electron chi connectivity index (χ1n) is 23.3. The molecule has 0 amide bonds. The van der Waals surface area contributed by atoms with Gasteiger partial charge in [0.25, 0.3) is 0 Å². The SMILES string of the molecule is CCCCCCCCCCCCC(CCCCCCCCCCCC)(C(C)CCCCCCCCCC)C(C)(C)CC(C)(C)CC(C)(C)C. The monoisotopic (exact) mass is 689 g/mol. The van der Waals surface area contributed by atoms with Crippen LogP contribution >= 0.6 is 0 Å². The number of hydrogen-bond acceptors (Lipinski definition) is 0. The van der Waals surface area contributed by atoms with Crippen LogP contribution in [-0.4, -0.2) is 0 Å². The van der Waals surface area contributed by atoms with Gasteiger partial charge in [0.1, 0.15) is 0 Å². The number of hydrogen-bond donors (Lipinski definition) is 0. The average Bonchev–Trinajstić information content (AvgIpc) is 3.01. The Bertz CT molecular complexity index is 665. The van der Waals surface area contributed by atoms with E-state index < -0.39 is 0 Å². The highest BCUT2D eigenvalue weighted by molar-refractivity contribution is 4.99. The van der Waals surface area contributed by atoms with Gasteiger partial charge in [-0.15, -0.1) is 0 Å². The third-order valence-electron chi connectivity index (χ3n) is 12.7. The average molecular weight is 689 g/mol. The molecule has 0 radical (unpaired) electrons. The summed E-state index contributed by atoms with van der Waals surface area (Å²) in [6, 6.07) is 0. The lowest BCUT2D eigenvalue weighted by Gasteiger charge is -2.55. The molecule has 0 heteroatoms. The molecule has 0 fully saturated rings. The molecular formula is C49H100. The quantitative estimate of drug-likeness (QED) is 0.0575. The Balaban J connectivity index is 5.68. The van der Waals surface area contributed by atoms with Gasteiger partial charge < -0.3 is 0 Å². The number of rotatable bonds is 36. The Kier molecular flexibility index (Phi) is 29.5. The van der Waals surface area contributed by atoms with E-state index >= 15 is 0 Å². The number of unbranched alkanes of at least 4 members (excludes halogenated alkanes) is 25. The van der Waals surface area contributed by atoms with E-state index in [1.165, 1.54) is 212 Å². The molecule has 0 spiro atoms. The zero-order valence-electron chi connectivity index (χ0n) is 36.9. The summed E-state index contributed by atoms with van der Waals surface area (Å²) >= 11 is 0. The van der Waals surface area contributed by atoms with Gasteiger partial charge in [0.05, 0.1) is 0 Å². The molecule has 1 unspecified atom stereocenters. The minimum absolute atomic E-state index is 0.361. The van der Waals surface area contributed by atoms with Gasteiger partial charge in [0.2, 0.25) is 0 Å². The Morgan fingerprint density at radius 2 is 0.633 bits per heavy atom. The van der Waals surface area contributed by atoms with Gasteiger partial charge in [-0.25, -0.2) is 0 Å². The summed E-state index contributed by atoms with van der Waals surface area (Å²) in [5.74, 6) is 0.824. The van der Waals surface area contributed by atoms with Crippen molar-refractivity contribution in [2.24, 2.45) is 27.6 Å². The second kappa shape index (κ2) is 29.5.